The number of nitrogens with zero attached hydrogens (tertiary/aromatic N) is 3. The van der Waals surface area contributed by atoms with E-state index in [1.54, 1.807) is 37.3 Å². The molecule has 1 N–H and O–H groups in total. The molecule has 28 heavy (non-hydrogen) atoms. The first kappa shape index (κ1) is 20.6. The molecule has 0 saturated heterocycles. The van der Waals surface area contributed by atoms with Crippen molar-refractivity contribution in [2.45, 2.75) is 30.8 Å². The molecule has 0 fully saturated rings. The van der Waals surface area contributed by atoms with E-state index in [0.717, 1.165) is 5.56 Å². The highest BCUT2D eigenvalue weighted by Crippen LogP contribution is 2.31. The summed E-state index contributed by atoms with van der Waals surface area (Å²) in [7, 11) is 0. The van der Waals surface area contributed by atoms with Crippen LogP contribution in [0.3, 0.4) is 0 Å². The Balaban J connectivity index is 1.76. The van der Waals surface area contributed by atoms with Crippen LogP contribution in [0, 0.1) is 5.82 Å². The summed E-state index contributed by atoms with van der Waals surface area (Å²) in [5.41, 5.74) is 1.21. The van der Waals surface area contributed by atoms with Gasteiger partial charge in [-0.05, 0) is 50.2 Å². The van der Waals surface area contributed by atoms with Crippen LogP contribution in [0.2, 0.25) is 10.0 Å². The molecular formula is C19H17Cl2FN4OS. The fraction of sp³-hybridized carbons (Fsp3) is 0.211. The lowest BCUT2D eigenvalue weighted by Gasteiger charge is -2.14. The minimum absolute atomic E-state index is 0.233. The third-order valence-corrected chi connectivity index (χ3v) is 5.90. The van der Waals surface area contributed by atoms with E-state index in [0.29, 0.717) is 33.3 Å². The number of thioether (sulfide) groups is 1. The van der Waals surface area contributed by atoms with Gasteiger partial charge in [0.15, 0.2) is 11.0 Å². The van der Waals surface area contributed by atoms with Crippen molar-refractivity contribution in [1.82, 2.24) is 14.8 Å². The molecule has 5 nitrogen and oxygen atoms in total. The predicted molar refractivity (Wildman–Crippen MR) is 112 cm³/mol. The van der Waals surface area contributed by atoms with Crippen LogP contribution in [0.4, 0.5) is 10.1 Å². The average Bonchev–Trinajstić information content (AvgIpc) is 3.08. The van der Waals surface area contributed by atoms with Gasteiger partial charge in [0, 0.05) is 12.1 Å². The number of nitrogens with one attached hydrogen (secondary N) is 1. The maximum absolute atomic E-state index is 13.2. The number of hydrogen-bond acceptors (Lipinski definition) is 4. The van der Waals surface area contributed by atoms with Crippen molar-refractivity contribution in [3.63, 3.8) is 0 Å². The molecule has 0 saturated carbocycles. The zero-order chi connectivity index (χ0) is 20.3. The molecular weight excluding hydrogens is 422 g/mol. The number of halogens is 3. The second-order valence-corrected chi connectivity index (χ2v) is 8.00. The number of amides is 1. The standard InChI is InChI=1S/C19H17Cl2FN4OS/c1-3-26-17(12-7-9-13(22)10-8-12)24-25-19(26)28-11(2)18(27)23-15-6-4-5-14(20)16(15)21/h4-11H,3H2,1-2H3,(H,23,27). The second-order valence-electron chi connectivity index (χ2n) is 5.91. The lowest BCUT2D eigenvalue weighted by Crippen LogP contribution is -2.23. The highest BCUT2D eigenvalue weighted by atomic mass is 35.5. The molecule has 1 aromatic heterocycles. The van der Waals surface area contributed by atoms with E-state index < -0.39 is 5.25 Å². The quantitative estimate of drug-likeness (QED) is 0.513. The first-order valence-electron chi connectivity index (χ1n) is 8.51. The van der Waals surface area contributed by atoms with Crippen molar-refractivity contribution in [3.8, 4) is 11.4 Å². The zero-order valence-corrected chi connectivity index (χ0v) is 17.4. The lowest BCUT2D eigenvalue weighted by molar-refractivity contribution is -0.115. The average molecular weight is 439 g/mol. The van der Waals surface area contributed by atoms with Crippen LogP contribution in [-0.2, 0) is 11.3 Å². The fourth-order valence-corrected chi connectivity index (χ4v) is 3.78. The molecule has 0 aliphatic heterocycles. The molecule has 0 spiro atoms. The molecule has 0 bridgehead atoms. The van der Waals surface area contributed by atoms with Crippen LogP contribution in [0.25, 0.3) is 11.4 Å². The number of rotatable bonds is 6. The molecule has 2 aromatic carbocycles. The molecule has 1 amide bonds. The first-order chi connectivity index (χ1) is 13.4. The minimum Gasteiger partial charge on any atom is -0.324 e. The van der Waals surface area contributed by atoms with Crippen molar-refractivity contribution in [1.29, 1.82) is 0 Å². The van der Waals surface area contributed by atoms with Gasteiger partial charge in [-0.1, -0.05) is 41.0 Å². The van der Waals surface area contributed by atoms with Gasteiger partial charge in [0.2, 0.25) is 5.91 Å². The molecule has 1 unspecified atom stereocenters. The third-order valence-electron chi connectivity index (χ3n) is 4.00. The van der Waals surface area contributed by atoms with Gasteiger partial charge in [0.1, 0.15) is 5.82 Å². The summed E-state index contributed by atoms with van der Waals surface area (Å²) in [4.78, 5) is 12.6. The summed E-state index contributed by atoms with van der Waals surface area (Å²) in [6.07, 6.45) is 0. The summed E-state index contributed by atoms with van der Waals surface area (Å²) in [5, 5.41) is 12.0. The van der Waals surface area contributed by atoms with Crippen molar-refractivity contribution in [3.05, 3.63) is 58.3 Å². The summed E-state index contributed by atoms with van der Waals surface area (Å²) in [5.74, 6) is 0.0736. The highest BCUT2D eigenvalue weighted by Gasteiger charge is 2.21. The van der Waals surface area contributed by atoms with Crippen molar-refractivity contribution < 1.29 is 9.18 Å². The van der Waals surface area contributed by atoms with E-state index in [9.17, 15) is 9.18 Å². The van der Waals surface area contributed by atoms with Crippen LogP contribution in [0.15, 0.2) is 47.6 Å². The molecule has 0 aliphatic carbocycles. The Morgan fingerprint density at radius 3 is 2.61 bits per heavy atom. The normalized spacial score (nSPS) is 12.0. The maximum atomic E-state index is 13.2. The number of benzene rings is 2. The monoisotopic (exact) mass is 438 g/mol. The third kappa shape index (κ3) is 4.48. The first-order valence-corrected chi connectivity index (χ1v) is 10.1. The van der Waals surface area contributed by atoms with Gasteiger partial charge in [0.25, 0.3) is 0 Å². The molecule has 146 valence electrons. The lowest BCUT2D eigenvalue weighted by atomic mass is 10.2. The Hall–Kier alpha value is -2.09. The van der Waals surface area contributed by atoms with Gasteiger partial charge in [-0.2, -0.15) is 0 Å². The Labute approximate surface area is 176 Å². The predicted octanol–water partition coefficient (Wildman–Crippen LogP) is 5.53. The van der Waals surface area contributed by atoms with Crippen LogP contribution < -0.4 is 5.32 Å². The number of carbonyl (C=O) groups is 1. The van der Waals surface area contributed by atoms with Gasteiger partial charge in [-0.3, -0.25) is 4.79 Å². The number of carbonyl (C=O) groups excluding carboxylic acids is 1. The topological polar surface area (TPSA) is 59.8 Å². The maximum Gasteiger partial charge on any atom is 0.237 e. The van der Waals surface area contributed by atoms with Crippen molar-refractivity contribution in [2.24, 2.45) is 0 Å². The number of aromatic nitrogens is 3. The van der Waals surface area contributed by atoms with Crippen molar-refractivity contribution in [2.75, 3.05) is 5.32 Å². The van der Waals surface area contributed by atoms with Crippen LogP contribution in [-0.4, -0.2) is 25.9 Å². The Bertz CT molecular complexity index is 994. The van der Waals surface area contributed by atoms with Crippen LogP contribution in [0.5, 0.6) is 0 Å². The number of anilines is 1. The molecule has 3 rings (SSSR count). The van der Waals surface area contributed by atoms with Gasteiger partial charge < -0.3 is 9.88 Å². The summed E-state index contributed by atoms with van der Waals surface area (Å²) >= 11 is 13.4. The fourth-order valence-electron chi connectivity index (χ4n) is 2.52. The molecule has 1 heterocycles. The SMILES string of the molecule is CCn1c(SC(C)C(=O)Nc2cccc(Cl)c2Cl)nnc1-c1ccc(F)cc1. The second kappa shape index (κ2) is 8.94. The minimum atomic E-state index is -0.453. The van der Waals surface area contributed by atoms with Gasteiger partial charge in [0.05, 0.1) is 21.0 Å². The molecule has 1 atom stereocenters. The van der Waals surface area contributed by atoms with E-state index in [-0.39, 0.29) is 11.7 Å². The van der Waals surface area contributed by atoms with E-state index in [1.165, 1.54) is 23.9 Å². The van der Waals surface area contributed by atoms with Crippen molar-refractivity contribution >= 4 is 46.6 Å². The largest absolute Gasteiger partial charge is 0.324 e. The van der Waals surface area contributed by atoms with Gasteiger partial charge >= 0.3 is 0 Å². The Morgan fingerprint density at radius 2 is 1.93 bits per heavy atom. The van der Waals surface area contributed by atoms with E-state index >= 15 is 0 Å². The summed E-state index contributed by atoms with van der Waals surface area (Å²) < 4.78 is 15.1. The molecule has 9 heteroatoms. The van der Waals surface area contributed by atoms with Gasteiger partial charge in [-0.15, -0.1) is 10.2 Å². The smallest absolute Gasteiger partial charge is 0.237 e. The van der Waals surface area contributed by atoms with Crippen LogP contribution in [0.1, 0.15) is 13.8 Å². The van der Waals surface area contributed by atoms with E-state index in [4.69, 9.17) is 23.2 Å². The molecule has 0 radical (unpaired) electrons. The summed E-state index contributed by atoms with van der Waals surface area (Å²) in [6.45, 7) is 4.33. The summed E-state index contributed by atoms with van der Waals surface area (Å²) in [6, 6.07) is 11.1. The van der Waals surface area contributed by atoms with E-state index in [2.05, 4.69) is 15.5 Å². The van der Waals surface area contributed by atoms with Gasteiger partial charge in [-0.25, -0.2) is 4.39 Å². The Kier molecular flexibility index (Phi) is 6.59. The Morgan fingerprint density at radius 1 is 1.21 bits per heavy atom. The van der Waals surface area contributed by atoms with E-state index in [1.807, 2.05) is 11.5 Å². The number of hydrogen-bond donors (Lipinski definition) is 1. The van der Waals surface area contributed by atoms with Crippen LogP contribution >= 0.6 is 35.0 Å². The highest BCUT2D eigenvalue weighted by molar-refractivity contribution is 8.00. The molecule has 3 aromatic rings. The zero-order valence-electron chi connectivity index (χ0n) is 15.1. The molecule has 0 aliphatic rings.